The zero-order chi connectivity index (χ0) is 22.2. The van der Waals surface area contributed by atoms with Crippen LogP contribution < -0.4 is 16.6 Å². The molecule has 32 heavy (non-hydrogen) atoms. The van der Waals surface area contributed by atoms with E-state index in [1.54, 1.807) is 23.0 Å². The molecule has 164 valence electrons. The number of hydrogen-bond acceptors (Lipinski definition) is 9. The molecule has 0 saturated heterocycles. The van der Waals surface area contributed by atoms with Crippen molar-refractivity contribution in [2.75, 3.05) is 11.1 Å². The molecule has 1 aliphatic carbocycles. The Morgan fingerprint density at radius 2 is 1.97 bits per heavy atom. The minimum Gasteiger partial charge on any atom is -0.368 e. The normalized spacial score (nSPS) is 13.3. The van der Waals surface area contributed by atoms with Crippen LogP contribution in [0.3, 0.4) is 0 Å². The van der Waals surface area contributed by atoms with Crippen LogP contribution in [-0.4, -0.2) is 24.5 Å². The molecule has 0 atom stereocenters. The van der Waals surface area contributed by atoms with Gasteiger partial charge in [0.05, 0.1) is 11.1 Å². The van der Waals surface area contributed by atoms with E-state index < -0.39 is 0 Å². The number of nitrogens with one attached hydrogen (secondary N) is 1. The zero-order valence-electron chi connectivity index (χ0n) is 17.9. The lowest BCUT2D eigenvalue weighted by Crippen LogP contribution is -2.20. The minimum absolute atomic E-state index is 0.0222. The molecule has 3 heterocycles. The van der Waals surface area contributed by atoms with Crippen LogP contribution in [0.1, 0.15) is 34.7 Å². The van der Waals surface area contributed by atoms with E-state index in [0.717, 1.165) is 40.7 Å². The molecular formula is C22H23N7OS2. The van der Waals surface area contributed by atoms with Crippen molar-refractivity contribution in [3.63, 3.8) is 0 Å². The van der Waals surface area contributed by atoms with Gasteiger partial charge < -0.3 is 11.1 Å². The van der Waals surface area contributed by atoms with Crippen molar-refractivity contribution in [3.8, 4) is 0 Å². The molecule has 1 aromatic carbocycles. The number of thioether (sulfide) groups is 1. The van der Waals surface area contributed by atoms with Gasteiger partial charge in [0, 0.05) is 17.6 Å². The van der Waals surface area contributed by atoms with Gasteiger partial charge in [0.15, 0.2) is 5.16 Å². The highest BCUT2D eigenvalue weighted by Crippen LogP contribution is 2.34. The summed E-state index contributed by atoms with van der Waals surface area (Å²) in [5, 5.41) is 4.65. The minimum atomic E-state index is 0.0222. The second kappa shape index (κ2) is 8.51. The van der Waals surface area contributed by atoms with E-state index in [0.29, 0.717) is 22.7 Å². The number of nitrogens with two attached hydrogens (primary N) is 1. The summed E-state index contributed by atoms with van der Waals surface area (Å²) in [7, 11) is 1.77. The number of anilines is 3. The van der Waals surface area contributed by atoms with Crippen molar-refractivity contribution in [2.45, 2.75) is 43.5 Å². The van der Waals surface area contributed by atoms with E-state index in [1.165, 1.54) is 28.6 Å². The first-order valence-corrected chi connectivity index (χ1v) is 12.3. The summed E-state index contributed by atoms with van der Waals surface area (Å²) in [4.78, 5) is 33.0. The van der Waals surface area contributed by atoms with Gasteiger partial charge in [0.25, 0.3) is 5.56 Å². The third-order valence-corrected chi connectivity index (χ3v) is 7.79. The maximum atomic E-state index is 13.1. The van der Waals surface area contributed by atoms with Crippen LogP contribution in [0.25, 0.3) is 10.2 Å². The van der Waals surface area contributed by atoms with E-state index in [4.69, 9.17) is 10.7 Å². The zero-order valence-corrected chi connectivity index (χ0v) is 19.5. The summed E-state index contributed by atoms with van der Waals surface area (Å²) in [5.41, 5.74) is 9.14. The number of aromatic nitrogens is 5. The quantitative estimate of drug-likeness (QED) is 0.336. The first-order valence-electron chi connectivity index (χ1n) is 10.5. The molecule has 0 spiro atoms. The molecule has 8 nitrogen and oxygen atoms in total. The molecular weight excluding hydrogens is 442 g/mol. The number of nitrogens with zero attached hydrogens (tertiary/aromatic N) is 5. The van der Waals surface area contributed by atoms with E-state index >= 15 is 0 Å². The van der Waals surface area contributed by atoms with Crippen molar-refractivity contribution in [2.24, 2.45) is 7.05 Å². The molecule has 0 radical (unpaired) electrons. The van der Waals surface area contributed by atoms with Gasteiger partial charge in [-0.15, -0.1) is 11.3 Å². The van der Waals surface area contributed by atoms with Crippen molar-refractivity contribution in [1.82, 2.24) is 24.5 Å². The average Bonchev–Trinajstić information content (AvgIpc) is 3.15. The molecule has 10 heteroatoms. The Kier molecular flexibility index (Phi) is 5.56. The summed E-state index contributed by atoms with van der Waals surface area (Å²) >= 11 is 3.08. The van der Waals surface area contributed by atoms with Crippen LogP contribution in [-0.2, 0) is 25.6 Å². The summed E-state index contributed by atoms with van der Waals surface area (Å²) < 4.78 is 1.63. The van der Waals surface area contributed by atoms with Gasteiger partial charge >= 0.3 is 0 Å². The lowest BCUT2D eigenvalue weighted by atomic mass is 9.97. The largest absolute Gasteiger partial charge is 0.368 e. The maximum absolute atomic E-state index is 13.1. The molecule has 3 N–H and O–H groups in total. The molecule has 3 aromatic heterocycles. The fourth-order valence-corrected chi connectivity index (χ4v) is 6.05. The van der Waals surface area contributed by atoms with Gasteiger partial charge in [-0.2, -0.15) is 15.0 Å². The lowest BCUT2D eigenvalue weighted by molar-refractivity contribution is 0.695. The SMILES string of the molecule is Cc1ccccc1Nc1nc(N)nc(CSc2nc3sc4c(c3c(=O)n2C)CCCC4)n1. The van der Waals surface area contributed by atoms with Gasteiger partial charge in [0.1, 0.15) is 10.7 Å². The topological polar surface area (TPSA) is 112 Å². The van der Waals surface area contributed by atoms with Crippen LogP contribution in [0.15, 0.2) is 34.2 Å². The van der Waals surface area contributed by atoms with Crippen molar-refractivity contribution in [1.29, 1.82) is 0 Å². The Balaban J connectivity index is 1.41. The Hall–Kier alpha value is -2.98. The number of para-hydroxylation sites is 1. The van der Waals surface area contributed by atoms with Gasteiger partial charge in [0.2, 0.25) is 11.9 Å². The molecule has 0 amide bonds. The summed E-state index contributed by atoms with van der Waals surface area (Å²) in [5.74, 6) is 1.49. The predicted octanol–water partition coefficient (Wildman–Crippen LogP) is 3.99. The smallest absolute Gasteiger partial charge is 0.262 e. The monoisotopic (exact) mass is 465 g/mol. The van der Waals surface area contributed by atoms with Crippen LogP contribution >= 0.6 is 23.1 Å². The maximum Gasteiger partial charge on any atom is 0.262 e. The highest BCUT2D eigenvalue weighted by molar-refractivity contribution is 7.98. The summed E-state index contributed by atoms with van der Waals surface area (Å²) in [6.45, 7) is 2.01. The summed E-state index contributed by atoms with van der Waals surface area (Å²) in [6.07, 6.45) is 4.34. The molecule has 1 aliphatic rings. The van der Waals surface area contributed by atoms with Crippen LogP contribution in [0.4, 0.5) is 17.6 Å². The Bertz CT molecular complexity index is 1380. The van der Waals surface area contributed by atoms with Gasteiger partial charge in [-0.05, 0) is 49.8 Å². The summed E-state index contributed by atoms with van der Waals surface area (Å²) in [6, 6.07) is 7.89. The molecule has 0 unspecified atom stereocenters. The second-order valence-electron chi connectivity index (χ2n) is 7.81. The second-order valence-corrected chi connectivity index (χ2v) is 9.84. The number of fused-ring (bicyclic) bond motifs is 3. The predicted molar refractivity (Wildman–Crippen MR) is 130 cm³/mol. The van der Waals surface area contributed by atoms with Crippen molar-refractivity contribution < 1.29 is 0 Å². The Morgan fingerprint density at radius 3 is 2.81 bits per heavy atom. The van der Waals surface area contributed by atoms with E-state index in [2.05, 4.69) is 20.3 Å². The molecule has 0 bridgehead atoms. The molecule has 4 aromatic rings. The third kappa shape index (κ3) is 3.95. The fourth-order valence-electron chi connectivity index (χ4n) is 3.92. The van der Waals surface area contributed by atoms with E-state index in [1.807, 2.05) is 31.2 Å². The highest BCUT2D eigenvalue weighted by Gasteiger charge is 2.21. The van der Waals surface area contributed by atoms with Crippen LogP contribution in [0.2, 0.25) is 0 Å². The van der Waals surface area contributed by atoms with Gasteiger partial charge in [-0.3, -0.25) is 9.36 Å². The average molecular weight is 466 g/mol. The molecule has 0 aliphatic heterocycles. The first kappa shape index (κ1) is 20.9. The Morgan fingerprint density at radius 1 is 1.16 bits per heavy atom. The third-order valence-electron chi connectivity index (χ3n) is 5.58. The van der Waals surface area contributed by atoms with Gasteiger partial charge in [-0.25, -0.2) is 4.98 Å². The van der Waals surface area contributed by atoms with E-state index in [9.17, 15) is 4.79 Å². The fraction of sp³-hybridized carbons (Fsp3) is 0.318. The number of aryl methyl sites for hydroxylation is 3. The highest BCUT2D eigenvalue weighted by atomic mass is 32.2. The number of hydrogen-bond donors (Lipinski definition) is 2. The van der Waals surface area contributed by atoms with Crippen LogP contribution in [0.5, 0.6) is 0 Å². The first-order chi connectivity index (χ1) is 15.5. The number of thiophene rings is 1. The van der Waals surface area contributed by atoms with E-state index in [-0.39, 0.29) is 11.5 Å². The van der Waals surface area contributed by atoms with Crippen molar-refractivity contribution in [3.05, 3.63) is 56.4 Å². The number of benzene rings is 1. The van der Waals surface area contributed by atoms with Crippen LogP contribution in [0, 0.1) is 6.92 Å². The number of rotatable bonds is 5. The molecule has 0 fully saturated rings. The molecule has 0 saturated carbocycles. The van der Waals surface area contributed by atoms with Gasteiger partial charge in [-0.1, -0.05) is 30.0 Å². The standard InChI is InChI=1S/C22H23N7OS2/c1-12-7-3-5-9-14(12)24-21-26-16(25-20(23)28-21)11-31-22-27-18-17(19(30)29(22)2)13-8-4-6-10-15(13)32-18/h3,5,7,9H,4,6,8,10-11H2,1-2H3,(H3,23,24,25,26,28). The number of nitrogen functional groups attached to an aromatic ring is 1. The Labute approximate surface area is 193 Å². The van der Waals surface area contributed by atoms with Crippen molar-refractivity contribution >= 4 is 50.9 Å². The lowest BCUT2D eigenvalue weighted by Gasteiger charge is -2.11. The molecule has 5 rings (SSSR count).